The molecule has 0 saturated heterocycles. The van der Waals surface area contributed by atoms with Crippen LogP contribution in [0.4, 0.5) is 13.2 Å². The van der Waals surface area contributed by atoms with Gasteiger partial charge in [-0.25, -0.2) is 0 Å². The van der Waals surface area contributed by atoms with E-state index in [-0.39, 0.29) is 30.3 Å². The van der Waals surface area contributed by atoms with Crippen LogP contribution in [0.25, 0.3) is 0 Å². The first-order chi connectivity index (χ1) is 15.2. The summed E-state index contributed by atoms with van der Waals surface area (Å²) in [5.74, 6) is 2.11. The first kappa shape index (κ1) is 23.1. The molecular formula is C24H31F3N2O3. The fourth-order valence-corrected chi connectivity index (χ4v) is 6.19. The Labute approximate surface area is 186 Å². The van der Waals surface area contributed by atoms with Crippen molar-refractivity contribution >= 4 is 11.8 Å². The molecule has 5 nitrogen and oxygen atoms in total. The fraction of sp³-hybridized carbons (Fsp3) is 0.667. The van der Waals surface area contributed by atoms with Gasteiger partial charge in [-0.3, -0.25) is 9.59 Å². The molecule has 0 heterocycles. The molecule has 4 saturated carbocycles. The summed E-state index contributed by atoms with van der Waals surface area (Å²) < 4.78 is 41.0. The topological polar surface area (TPSA) is 67.4 Å². The van der Waals surface area contributed by atoms with Crippen LogP contribution in [0.3, 0.4) is 0 Å². The first-order valence-corrected chi connectivity index (χ1v) is 11.5. The lowest BCUT2D eigenvalue weighted by molar-refractivity contribution is -0.176. The van der Waals surface area contributed by atoms with Crippen LogP contribution < -0.4 is 10.6 Å². The normalized spacial score (nSPS) is 28.5. The highest BCUT2D eigenvalue weighted by atomic mass is 19.4. The van der Waals surface area contributed by atoms with E-state index in [1.165, 1.54) is 19.3 Å². The van der Waals surface area contributed by atoms with Gasteiger partial charge in [0.15, 0.2) is 0 Å². The maximum Gasteiger partial charge on any atom is 0.411 e. The number of rotatable bonds is 9. The third-order valence-corrected chi connectivity index (χ3v) is 7.20. The zero-order valence-electron chi connectivity index (χ0n) is 18.2. The highest BCUT2D eigenvalue weighted by Gasteiger charge is 2.54. The Balaban J connectivity index is 1.14. The summed E-state index contributed by atoms with van der Waals surface area (Å²) in [5.41, 5.74) is 1.28. The van der Waals surface area contributed by atoms with Crippen LogP contribution in [0.2, 0.25) is 0 Å². The van der Waals surface area contributed by atoms with Crippen LogP contribution in [0.5, 0.6) is 0 Å². The van der Waals surface area contributed by atoms with Crippen molar-refractivity contribution in [2.24, 2.45) is 23.2 Å². The van der Waals surface area contributed by atoms with E-state index in [9.17, 15) is 22.8 Å². The highest BCUT2D eigenvalue weighted by molar-refractivity contribution is 5.84. The Kier molecular flexibility index (Phi) is 6.79. The molecule has 4 bridgehead atoms. The minimum atomic E-state index is -4.33. The summed E-state index contributed by atoms with van der Waals surface area (Å²) in [6, 6.07) is 6.87. The molecular weight excluding hydrogens is 421 g/mol. The van der Waals surface area contributed by atoms with E-state index in [1.807, 2.05) is 0 Å². The summed E-state index contributed by atoms with van der Waals surface area (Å²) in [4.78, 5) is 25.1. The third-order valence-electron chi connectivity index (χ3n) is 7.20. The molecule has 0 unspecified atom stereocenters. The largest absolute Gasteiger partial charge is 0.411 e. The van der Waals surface area contributed by atoms with E-state index < -0.39 is 12.8 Å². The Morgan fingerprint density at radius 1 is 0.938 bits per heavy atom. The minimum absolute atomic E-state index is 0.115. The minimum Gasteiger partial charge on any atom is -0.367 e. The average Bonchev–Trinajstić information content (AvgIpc) is 2.71. The van der Waals surface area contributed by atoms with E-state index >= 15 is 0 Å². The number of carbonyl (C=O) groups excluding carboxylic acids is 2. The molecule has 0 aliphatic heterocycles. The monoisotopic (exact) mass is 452 g/mol. The van der Waals surface area contributed by atoms with Crippen LogP contribution in [-0.4, -0.2) is 31.1 Å². The Hall–Kier alpha value is -2.09. The zero-order valence-corrected chi connectivity index (χ0v) is 18.2. The standard InChI is InChI=1S/C24H31F3N2O3/c25-24(26,27)15-32-14-17-3-1-16(2-4-17)13-29-21(30)5-6-28-22(31)23-10-18-7-19(11-23)9-20(8-18)12-23/h1-4,18-20H,5-15H2,(H,28,31)(H,29,30). The van der Waals surface area contributed by atoms with Crippen molar-refractivity contribution in [3.8, 4) is 0 Å². The van der Waals surface area contributed by atoms with Crippen molar-refractivity contribution in [1.29, 1.82) is 0 Å². The Morgan fingerprint density at radius 3 is 2.06 bits per heavy atom. The SMILES string of the molecule is O=C(CCNC(=O)C12CC3CC(CC(C3)C1)C2)NCc1ccc(COCC(F)(F)F)cc1. The van der Waals surface area contributed by atoms with E-state index in [4.69, 9.17) is 0 Å². The zero-order chi connectivity index (χ0) is 22.8. The predicted octanol–water partition coefficient (Wildman–Crippen LogP) is 4.10. The lowest BCUT2D eigenvalue weighted by Crippen LogP contribution is -2.53. The summed E-state index contributed by atoms with van der Waals surface area (Å²) in [6.45, 7) is -0.729. The average molecular weight is 453 g/mol. The number of hydrogen-bond donors (Lipinski definition) is 2. The smallest absolute Gasteiger partial charge is 0.367 e. The molecule has 4 fully saturated rings. The predicted molar refractivity (Wildman–Crippen MR) is 112 cm³/mol. The van der Waals surface area contributed by atoms with Crippen LogP contribution >= 0.6 is 0 Å². The summed E-state index contributed by atoms with van der Waals surface area (Å²) in [6.07, 6.45) is 2.78. The molecule has 176 valence electrons. The van der Waals surface area contributed by atoms with Gasteiger partial charge in [-0.1, -0.05) is 24.3 Å². The molecule has 5 rings (SSSR count). The molecule has 4 aliphatic rings. The molecule has 32 heavy (non-hydrogen) atoms. The Bertz CT molecular complexity index is 787. The molecule has 1 aromatic rings. The van der Waals surface area contributed by atoms with Crippen LogP contribution in [-0.2, 0) is 27.5 Å². The van der Waals surface area contributed by atoms with Gasteiger partial charge in [0.1, 0.15) is 6.61 Å². The summed E-state index contributed by atoms with van der Waals surface area (Å²) in [7, 11) is 0. The highest BCUT2D eigenvalue weighted by Crippen LogP contribution is 2.60. The molecule has 0 atom stereocenters. The number of benzene rings is 1. The lowest BCUT2D eigenvalue weighted by Gasteiger charge is -2.55. The molecule has 1 aromatic carbocycles. The van der Waals surface area contributed by atoms with E-state index in [1.54, 1.807) is 24.3 Å². The van der Waals surface area contributed by atoms with Crippen LogP contribution in [0, 0.1) is 23.2 Å². The second kappa shape index (κ2) is 9.41. The molecule has 2 amide bonds. The van der Waals surface area contributed by atoms with Gasteiger partial charge in [0.05, 0.1) is 6.61 Å². The fourth-order valence-electron chi connectivity index (χ4n) is 6.19. The van der Waals surface area contributed by atoms with Gasteiger partial charge >= 0.3 is 6.18 Å². The van der Waals surface area contributed by atoms with Crippen molar-refractivity contribution in [2.45, 2.75) is 64.3 Å². The number of carbonyl (C=O) groups is 2. The van der Waals surface area contributed by atoms with E-state index in [0.29, 0.717) is 36.4 Å². The van der Waals surface area contributed by atoms with Crippen molar-refractivity contribution in [2.75, 3.05) is 13.2 Å². The number of hydrogen-bond acceptors (Lipinski definition) is 3. The maximum absolute atomic E-state index is 12.9. The number of ether oxygens (including phenoxy) is 1. The molecule has 0 aromatic heterocycles. The van der Waals surface area contributed by atoms with E-state index in [0.717, 1.165) is 24.8 Å². The molecule has 4 aliphatic carbocycles. The van der Waals surface area contributed by atoms with Gasteiger partial charge in [0.25, 0.3) is 0 Å². The Morgan fingerprint density at radius 2 is 1.50 bits per heavy atom. The van der Waals surface area contributed by atoms with Gasteiger partial charge in [0, 0.05) is 24.9 Å². The number of halogens is 3. The van der Waals surface area contributed by atoms with Crippen LogP contribution in [0.15, 0.2) is 24.3 Å². The number of nitrogens with one attached hydrogen (secondary N) is 2. The lowest BCUT2D eigenvalue weighted by atomic mass is 9.49. The first-order valence-electron chi connectivity index (χ1n) is 11.5. The summed E-state index contributed by atoms with van der Waals surface area (Å²) >= 11 is 0. The third kappa shape index (κ3) is 5.82. The number of alkyl halides is 3. The molecule has 0 radical (unpaired) electrons. The van der Waals surface area contributed by atoms with Gasteiger partial charge in [0.2, 0.25) is 11.8 Å². The molecule has 2 N–H and O–H groups in total. The number of amides is 2. The van der Waals surface area contributed by atoms with Gasteiger partial charge < -0.3 is 15.4 Å². The second-order valence-corrected chi connectivity index (χ2v) is 9.90. The van der Waals surface area contributed by atoms with Crippen molar-refractivity contribution in [3.05, 3.63) is 35.4 Å². The van der Waals surface area contributed by atoms with Crippen molar-refractivity contribution in [3.63, 3.8) is 0 Å². The van der Waals surface area contributed by atoms with Crippen molar-refractivity contribution < 1.29 is 27.5 Å². The quantitative estimate of drug-likeness (QED) is 0.593. The second-order valence-electron chi connectivity index (χ2n) is 9.90. The molecule has 0 spiro atoms. The van der Waals surface area contributed by atoms with E-state index in [2.05, 4.69) is 15.4 Å². The summed E-state index contributed by atoms with van der Waals surface area (Å²) in [5, 5.41) is 5.83. The van der Waals surface area contributed by atoms with Crippen molar-refractivity contribution in [1.82, 2.24) is 10.6 Å². The maximum atomic E-state index is 12.9. The van der Waals surface area contributed by atoms with Crippen LogP contribution in [0.1, 0.15) is 56.1 Å². The van der Waals surface area contributed by atoms with Gasteiger partial charge in [-0.2, -0.15) is 13.2 Å². The molecule has 8 heteroatoms. The van der Waals surface area contributed by atoms with Gasteiger partial charge in [-0.15, -0.1) is 0 Å². The van der Waals surface area contributed by atoms with Gasteiger partial charge in [-0.05, 0) is 67.4 Å².